The van der Waals surface area contributed by atoms with Crippen molar-refractivity contribution in [3.05, 3.63) is 70.3 Å². The first-order chi connectivity index (χ1) is 7.63. The predicted molar refractivity (Wildman–Crippen MR) is 76.6 cm³/mol. The van der Waals surface area contributed by atoms with Gasteiger partial charge in [0.25, 0.3) is 0 Å². The lowest BCUT2D eigenvalue weighted by Gasteiger charge is -2.04. The van der Waals surface area contributed by atoms with Gasteiger partial charge in [-0.15, -0.1) is 0 Å². The van der Waals surface area contributed by atoms with Crippen molar-refractivity contribution in [3.63, 3.8) is 0 Å². The van der Waals surface area contributed by atoms with Gasteiger partial charge in [0.05, 0.1) is 0 Å². The van der Waals surface area contributed by atoms with E-state index in [1.807, 2.05) is 13.0 Å². The molecule has 0 amide bonds. The highest BCUT2D eigenvalue weighted by Gasteiger charge is 2.01. The predicted octanol–water partition coefficient (Wildman–Crippen LogP) is 5.23. The minimum absolute atomic E-state index is 0.964. The molecule has 1 heteroatoms. The molecule has 0 saturated heterocycles. The van der Waals surface area contributed by atoms with E-state index in [0.29, 0.717) is 0 Å². The lowest BCUT2D eigenvalue weighted by Crippen LogP contribution is -1.85. The van der Waals surface area contributed by atoms with E-state index in [1.54, 1.807) is 0 Å². The van der Waals surface area contributed by atoms with E-state index in [4.69, 9.17) is 0 Å². The second kappa shape index (κ2) is 6.49. The van der Waals surface area contributed by atoms with Crippen LogP contribution in [0.3, 0.4) is 0 Å². The van der Waals surface area contributed by atoms with Crippen LogP contribution >= 0.6 is 15.9 Å². The summed E-state index contributed by atoms with van der Waals surface area (Å²) >= 11 is 3.48. The van der Waals surface area contributed by atoms with Crippen LogP contribution < -0.4 is 0 Å². The van der Waals surface area contributed by atoms with Gasteiger partial charge in [0, 0.05) is 4.48 Å². The first kappa shape index (κ1) is 13.0. The summed E-state index contributed by atoms with van der Waals surface area (Å²) in [4.78, 5) is 0. The summed E-state index contributed by atoms with van der Waals surface area (Å²) in [6, 6.07) is 0. The number of allylic oxidation sites excluding steroid dienone is 11. The van der Waals surface area contributed by atoms with E-state index in [1.165, 1.54) is 11.1 Å². The minimum atomic E-state index is 0.964. The average molecular weight is 277 g/mol. The molecule has 0 spiro atoms. The molecule has 16 heavy (non-hydrogen) atoms. The number of rotatable bonds is 3. The zero-order chi connectivity index (χ0) is 12.0. The largest absolute Gasteiger partial charge is 0.0961 e. The Morgan fingerprint density at radius 1 is 1.38 bits per heavy atom. The van der Waals surface area contributed by atoms with Crippen LogP contribution in [0.2, 0.25) is 0 Å². The van der Waals surface area contributed by atoms with Crippen LogP contribution in [0.15, 0.2) is 70.3 Å². The van der Waals surface area contributed by atoms with Crippen LogP contribution in [0, 0.1) is 0 Å². The summed E-state index contributed by atoms with van der Waals surface area (Å²) in [7, 11) is 0. The molecular weight excluding hydrogens is 260 g/mol. The minimum Gasteiger partial charge on any atom is -0.0961 e. The maximum atomic E-state index is 3.87. The summed E-state index contributed by atoms with van der Waals surface area (Å²) in [5.41, 5.74) is 3.65. The molecule has 0 atom stereocenters. The molecule has 1 aliphatic carbocycles. The van der Waals surface area contributed by atoms with E-state index in [-0.39, 0.29) is 0 Å². The molecule has 0 unspecified atom stereocenters. The molecule has 0 nitrogen and oxygen atoms in total. The summed E-state index contributed by atoms with van der Waals surface area (Å²) in [5.74, 6) is 0. The molecule has 0 heterocycles. The molecule has 0 aromatic rings. The van der Waals surface area contributed by atoms with Crippen LogP contribution in [0.25, 0.3) is 0 Å². The van der Waals surface area contributed by atoms with Crippen molar-refractivity contribution in [2.45, 2.75) is 20.3 Å². The zero-order valence-corrected chi connectivity index (χ0v) is 11.4. The Labute approximate surface area is 107 Å². The quantitative estimate of drug-likeness (QED) is 0.619. The number of hydrogen-bond donors (Lipinski definition) is 0. The summed E-state index contributed by atoms with van der Waals surface area (Å²) in [6.07, 6.45) is 15.7. The zero-order valence-electron chi connectivity index (χ0n) is 9.83. The fraction of sp³-hybridized carbons (Fsp3) is 0.200. The van der Waals surface area contributed by atoms with Crippen molar-refractivity contribution in [1.29, 1.82) is 0 Å². The van der Waals surface area contributed by atoms with Crippen LogP contribution in [-0.2, 0) is 0 Å². The molecule has 0 radical (unpaired) electrons. The lowest BCUT2D eigenvalue weighted by atomic mass is 10.0. The monoisotopic (exact) mass is 276 g/mol. The highest BCUT2D eigenvalue weighted by molar-refractivity contribution is 9.11. The lowest BCUT2D eigenvalue weighted by molar-refractivity contribution is 1.24. The van der Waals surface area contributed by atoms with Crippen molar-refractivity contribution < 1.29 is 0 Å². The summed E-state index contributed by atoms with van der Waals surface area (Å²) in [6.45, 7) is 7.93. The van der Waals surface area contributed by atoms with E-state index in [9.17, 15) is 0 Å². The summed E-state index contributed by atoms with van der Waals surface area (Å²) < 4.78 is 1.11. The Hall–Kier alpha value is -1.08. The first-order valence-electron chi connectivity index (χ1n) is 5.36. The average Bonchev–Trinajstić information content (AvgIpc) is 2.44. The third-order valence-electron chi connectivity index (χ3n) is 2.29. The molecule has 1 aliphatic rings. The van der Waals surface area contributed by atoms with Crippen LogP contribution in [0.1, 0.15) is 20.3 Å². The third kappa shape index (κ3) is 4.19. The Kier molecular flexibility index (Phi) is 5.27. The van der Waals surface area contributed by atoms with Crippen LogP contribution in [0.4, 0.5) is 0 Å². The van der Waals surface area contributed by atoms with Crippen molar-refractivity contribution >= 4 is 15.9 Å². The van der Waals surface area contributed by atoms with Gasteiger partial charge in [-0.25, -0.2) is 0 Å². The maximum absolute atomic E-state index is 3.87. The van der Waals surface area contributed by atoms with E-state index >= 15 is 0 Å². The normalized spacial score (nSPS) is 17.1. The molecule has 0 fully saturated rings. The topological polar surface area (TPSA) is 0 Å². The molecular formula is C15H17Br. The second-order valence-corrected chi connectivity index (χ2v) is 4.69. The van der Waals surface area contributed by atoms with Crippen molar-refractivity contribution in [3.8, 4) is 0 Å². The molecule has 0 aliphatic heterocycles. The molecule has 1 rings (SSSR count). The molecule has 0 bridgehead atoms. The van der Waals surface area contributed by atoms with E-state index in [0.717, 1.165) is 16.5 Å². The van der Waals surface area contributed by atoms with Gasteiger partial charge >= 0.3 is 0 Å². The van der Waals surface area contributed by atoms with Crippen LogP contribution in [0.5, 0.6) is 0 Å². The molecule has 0 N–H and O–H groups in total. The smallest absolute Gasteiger partial charge is 0.0172 e. The Morgan fingerprint density at radius 3 is 2.75 bits per heavy atom. The van der Waals surface area contributed by atoms with Gasteiger partial charge in [0.15, 0.2) is 0 Å². The molecule has 0 saturated carbocycles. The van der Waals surface area contributed by atoms with Gasteiger partial charge < -0.3 is 0 Å². The van der Waals surface area contributed by atoms with Gasteiger partial charge in [-0.3, -0.25) is 0 Å². The van der Waals surface area contributed by atoms with Gasteiger partial charge in [0.2, 0.25) is 0 Å². The first-order valence-corrected chi connectivity index (χ1v) is 6.16. The summed E-state index contributed by atoms with van der Waals surface area (Å²) in [5, 5.41) is 0. The SMILES string of the molecule is C=C(C)/C=C\C(=C/C)C1=CC=C(Br)C=CC1. The van der Waals surface area contributed by atoms with Crippen molar-refractivity contribution in [2.75, 3.05) is 0 Å². The van der Waals surface area contributed by atoms with Crippen molar-refractivity contribution in [2.24, 2.45) is 0 Å². The van der Waals surface area contributed by atoms with Gasteiger partial charge in [-0.1, -0.05) is 64.5 Å². The molecule has 0 aromatic carbocycles. The Bertz CT molecular complexity index is 415. The molecule has 84 valence electrons. The highest BCUT2D eigenvalue weighted by Crippen LogP contribution is 2.22. The van der Waals surface area contributed by atoms with Gasteiger partial charge in [0.1, 0.15) is 0 Å². The number of hydrogen-bond acceptors (Lipinski definition) is 0. The second-order valence-electron chi connectivity index (χ2n) is 3.77. The van der Waals surface area contributed by atoms with Crippen LogP contribution in [-0.4, -0.2) is 0 Å². The van der Waals surface area contributed by atoms with Gasteiger partial charge in [-0.05, 0) is 37.5 Å². The molecule has 0 aromatic heterocycles. The van der Waals surface area contributed by atoms with Gasteiger partial charge in [-0.2, -0.15) is 0 Å². The number of halogens is 1. The fourth-order valence-corrected chi connectivity index (χ4v) is 1.76. The third-order valence-corrected chi connectivity index (χ3v) is 2.82. The van der Waals surface area contributed by atoms with E-state index < -0.39 is 0 Å². The highest BCUT2D eigenvalue weighted by atomic mass is 79.9. The van der Waals surface area contributed by atoms with Crippen molar-refractivity contribution in [1.82, 2.24) is 0 Å². The standard InChI is InChI=1S/C15H17Br/c1-4-13(9-8-12(2)3)14-6-5-7-15(16)11-10-14/h4-5,7-11H,2,6H2,1,3H3/b9-8-,13-4+. The Balaban J connectivity index is 2.91. The fourth-order valence-electron chi connectivity index (χ4n) is 1.44. The maximum Gasteiger partial charge on any atom is 0.0172 e. The Morgan fingerprint density at radius 2 is 2.12 bits per heavy atom. The van der Waals surface area contributed by atoms with E-state index in [2.05, 4.69) is 65.9 Å².